The van der Waals surface area contributed by atoms with Crippen molar-refractivity contribution in [2.24, 2.45) is 0 Å². The van der Waals surface area contributed by atoms with Gasteiger partial charge >= 0.3 is 6.18 Å². The quantitative estimate of drug-likeness (QED) is 0.846. The van der Waals surface area contributed by atoms with Crippen LogP contribution in [0.1, 0.15) is 25.0 Å². The first-order valence-corrected chi connectivity index (χ1v) is 7.98. The Morgan fingerprint density at radius 2 is 2.28 bits per heavy atom. The maximum absolute atomic E-state index is 12.7. The van der Waals surface area contributed by atoms with E-state index in [1.165, 1.54) is 0 Å². The molecule has 10 heteroatoms. The summed E-state index contributed by atoms with van der Waals surface area (Å²) >= 11 is 0. The number of nitrogens with zero attached hydrogens (tertiary/aromatic N) is 4. The molecule has 0 radical (unpaired) electrons. The second kappa shape index (κ2) is 6.84. The predicted molar refractivity (Wildman–Crippen MR) is 81.2 cm³/mol. The van der Waals surface area contributed by atoms with Gasteiger partial charge < -0.3 is 15.5 Å². The lowest BCUT2D eigenvalue weighted by molar-refractivity contribution is -0.141. The van der Waals surface area contributed by atoms with Crippen LogP contribution in [0.25, 0.3) is 0 Å². The number of rotatable bonds is 3. The SMILES string of the molecule is N#C[C@@H]1CCCN1C(=O)[C@@H]1C[C@H](Nc2nccc(C(F)(F)F)n2)CN1. The van der Waals surface area contributed by atoms with Crippen LogP contribution in [0.4, 0.5) is 19.1 Å². The summed E-state index contributed by atoms with van der Waals surface area (Å²) < 4.78 is 38.1. The van der Waals surface area contributed by atoms with Crippen molar-refractivity contribution in [3.8, 4) is 6.07 Å². The molecule has 3 rings (SSSR count). The number of carbonyl (C=O) groups excluding carboxylic acids is 1. The number of halogens is 3. The van der Waals surface area contributed by atoms with Crippen LogP contribution in [0.2, 0.25) is 0 Å². The van der Waals surface area contributed by atoms with Crippen molar-refractivity contribution < 1.29 is 18.0 Å². The molecule has 2 aliphatic rings. The van der Waals surface area contributed by atoms with Crippen molar-refractivity contribution in [3.63, 3.8) is 0 Å². The van der Waals surface area contributed by atoms with Gasteiger partial charge in [-0.05, 0) is 25.3 Å². The number of likely N-dealkylation sites (tertiary alicyclic amines) is 1. The minimum atomic E-state index is -4.53. The van der Waals surface area contributed by atoms with E-state index in [4.69, 9.17) is 5.26 Å². The first-order valence-electron chi connectivity index (χ1n) is 7.98. The lowest BCUT2D eigenvalue weighted by atomic mass is 10.1. The molecule has 1 amide bonds. The molecule has 0 saturated carbocycles. The third-order valence-electron chi connectivity index (χ3n) is 4.39. The van der Waals surface area contributed by atoms with Crippen LogP contribution in [0.15, 0.2) is 12.3 Å². The number of amides is 1. The van der Waals surface area contributed by atoms with Crippen molar-refractivity contribution in [1.29, 1.82) is 5.26 Å². The minimum Gasteiger partial charge on any atom is -0.350 e. The Kier molecular flexibility index (Phi) is 4.76. The lowest BCUT2D eigenvalue weighted by Gasteiger charge is -2.23. The van der Waals surface area contributed by atoms with Gasteiger partial charge in [-0.2, -0.15) is 18.4 Å². The van der Waals surface area contributed by atoms with Crippen molar-refractivity contribution in [1.82, 2.24) is 20.2 Å². The zero-order valence-electron chi connectivity index (χ0n) is 13.3. The Morgan fingerprint density at radius 1 is 1.48 bits per heavy atom. The molecule has 1 aromatic heterocycles. The molecule has 0 spiro atoms. The van der Waals surface area contributed by atoms with E-state index >= 15 is 0 Å². The Bertz CT molecular complexity index is 689. The Balaban J connectivity index is 1.60. The van der Waals surface area contributed by atoms with Gasteiger partial charge in [0.25, 0.3) is 0 Å². The van der Waals surface area contributed by atoms with Crippen LogP contribution in [-0.2, 0) is 11.0 Å². The standard InChI is InChI=1S/C15H17F3N6O/c16-15(17,18)12-3-4-20-14(23-12)22-9-6-11(21-8-9)13(25)24-5-1-2-10(24)7-19/h3-4,9-11,21H,1-2,5-6,8H2,(H,20,22,23)/t9-,10-,11-/m0/s1. The van der Waals surface area contributed by atoms with Gasteiger partial charge in [0, 0.05) is 25.3 Å². The largest absolute Gasteiger partial charge is 0.433 e. The molecule has 3 atom stereocenters. The number of alkyl halides is 3. The second-order valence-corrected chi connectivity index (χ2v) is 6.12. The van der Waals surface area contributed by atoms with Crippen molar-refractivity contribution in [2.75, 3.05) is 18.4 Å². The van der Waals surface area contributed by atoms with Crippen molar-refractivity contribution in [3.05, 3.63) is 18.0 Å². The topological polar surface area (TPSA) is 93.9 Å². The van der Waals surface area contributed by atoms with Gasteiger partial charge in [-0.1, -0.05) is 0 Å². The van der Waals surface area contributed by atoms with E-state index in [1.807, 2.05) is 0 Å². The van der Waals surface area contributed by atoms with Gasteiger partial charge in [0.1, 0.15) is 11.7 Å². The summed E-state index contributed by atoms with van der Waals surface area (Å²) in [4.78, 5) is 21.3. The maximum Gasteiger partial charge on any atom is 0.433 e. The maximum atomic E-state index is 12.7. The zero-order chi connectivity index (χ0) is 18.0. The van der Waals surface area contributed by atoms with E-state index in [1.54, 1.807) is 4.90 Å². The lowest BCUT2D eigenvalue weighted by Crippen LogP contribution is -2.45. The van der Waals surface area contributed by atoms with Gasteiger partial charge in [-0.25, -0.2) is 9.97 Å². The summed E-state index contributed by atoms with van der Waals surface area (Å²) in [5, 5.41) is 15.0. The number of carbonyl (C=O) groups is 1. The highest BCUT2D eigenvalue weighted by Gasteiger charge is 2.37. The van der Waals surface area contributed by atoms with Gasteiger partial charge in [0.05, 0.1) is 12.1 Å². The molecule has 2 aliphatic heterocycles. The molecule has 1 aromatic rings. The number of aromatic nitrogens is 2. The highest BCUT2D eigenvalue weighted by molar-refractivity contribution is 5.83. The summed E-state index contributed by atoms with van der Waals surface area (Å²) in [5.41, 5.74) is -1.02. The van der Waals surface area contributed by atoms with E-state index in [9.17, 15) is 18.0 Å². The predicted octanol–water partition coefficient (Wildman–Crippen LogP) is 1.15. The highest BCUT2D eigenvalue weighted by Crippen LogP contribution is 2.28. The highest BCUT2D eigenvalue weighted by atomic mass is 19.4. The molecule has 0 aromatic carbocycles. The molecule has 25 heavy (non-hydrogen) atoms. The van der Waals surface area contributed by atoms with Crippen molar-refractivity contribution in [2.45, 2.75) is 43.6 Å². The third kappa shape index (κ3) is 3.82. The van der Waals surface area contributed by atoms with Gasteiger partial charge in [0.15, 0.2) is 0 Å². The van der Waals surface area contributed by atoms with Crippen LogP contribution in [0, 0.1) is 11.3 Å². The van der Waals surface area contributed by atoms with Crippen LogP contribution < -0.4 is 10.6 Å². The molecule has 0 aliphatic carbocycles. The fourth-order valence-electron chi connectivity index (χ4n) is 3.17. The summed E-state index contributed by atoms with van der Waals surface area (Å²) in [6, 6.07) is 1.81. The number of hydrogen-bond acceptors (Lipinski definition) is 6. The van der Waals surface area contributed by atoms with Crippen LogP contribution in [0.5, 0.6) is 0 Å². The summed E-state index contributed by atoms with van der Waals surface area (Å²) in [7, 11) is 0. The van der Waals surface area contributed by atoms with Crippen LogP contribution in [0.3, 0.4) is 0 Å². The molecule has 2 saturated heterocycles. The van der Waals surface area contributed by atoms with E-state index in [0.29, 0.717) is 25.9 Å². The Labute approximate surface area is 142 Å². The van der Waals surface area contributed by atoms with Crippen molar-refractivity contribution >= 4 is 11.9 Å². The fraction of sp³-hybridized carbons (Fsp3) is 0.600. The van der Waals surface area contributed by atoms with Crippen LogP contribution in [-0.4, -0.2) is 52.0 Å². The Morgan fingerprint density at radius 3 is 3.00 bits per heavy atom. The molecule has 0 bridgehead atoms. The van der Waals surface area contributed by atoms with Gasteiger partial charge in [0.2, 0.25) is 11.9 Å². The average molecular weight is 354 g/mol. The number of hydrogen-bond donors (Lipinski definition) is 2. The monoisotopic (exact) mass is 354 g/mol. The summed E-state index contributed by atoms with van der Waals surface area (Å²) in [6.45, 7) is 0.963. The van der Waals surface area contributed by atoms with Gasteiger partial charge in [-0.15, -0.1) is 0 Å². The minimum absolute atomic E-state index is 0.120. The smallest absolute Gasteiger partial charge is 0.350 e. The molecule has 2 fully saturated rings. The van der Waals surface area contributed by atoms with E-state index in [2.05, 4.69) is 26.7 Å². The molecular weight excluding hydrogens is 337 g/mol. The third-order valence-corrected chi connectivity index (χ3v) is 4.39. The molecule has 2 N–H and O–H groups in total. The van der Waals surface area contributed by atoms with Gasteiger partial charge in [-0.3, -0.25) is 4.79 Å². The van der Waals surface area contributed by atoms with Crippen LogP contribution >= 0.6 is 0 Å². The summed E-state index contributed by atoms with van der Waals surface area (Å²) in [6.07, 6.45) is -1.61. The molecule has 134 valence electrons. The fourth-order valence-corrected chi connectivity index (χ4v) is 3.17. The first kappa shape index (κ1) is 17.4. The number of nitrogens with one attached hydrogen (secondary N) is 2. The molecular formula is C15H17F3N6O. The number of anilines is 1. The average Bonchev–Trinajstić information content (AvgIpc) is 3.22. The van der Waals surface area contributed by atoms with E-state index in [-0.39, 0.29) is 17.9 Å². The first-order chi connectivity index (χ1) is 11.9. The molecule has 3 heterocycles. The zero-order valence-corrected chi connectivity index (χ0v) is 13.3. The molecule has 7 nitrogen and oxygen atoms in total. The Hall–Kier alpha value is -2.41. The van der Waals surface area contributed by atoms with E-state index < -0.39 is 24.0 Å². The normalized spacial score (nSPS) is 26.5. The second-order valence-electron chi connectivity index (χ2n) is 6.12. The van der Waals surface area contributed by atoms with E-state index in [0.717, 1.165) is 18.7 Å². The molecule has 0 unspecified atom stereocenters. The number of nitriles is 1. The summed E-state index contributed by atoms with van der Waals surface area (Å²) in [5.74, 6) is -0.260.